The van der Waals surface area contributed by atoms with Gasteiger partial charge in [0.05, 0.1) is 6.61 Å². The average Bonchev–Trinajstić information content (AvgIpc) is 2.67. The van der Waals surface area contributed by atoms with E-state index in [1.54, 1.807) is 7.11 Å². The Bertz CT molecular complexity index is 309. The molecule has 0 bridgehead atoms. The van der Waals surface area contributed by atoms with Crippen molar-refractivity contribution < 1.29 is 19.1 Å². The molecule has 0 N–H and O–H groups in total. The van der Waals surface area contributed by atoms with Crippen LogP contribution in [0.25, 0.3) is 0 Å². The number of carbonyl (C=O) groups excluding carboxylic acids is 2. The molecule has 0 spiro atoms. The van der Waals surface area contributed by atoms with E-state index in [0.717, 1.165) is 6.42 Å². The Morgan fingerprint density at radius 1 is 1.33 bits per heavy atom. The van der Waals surface area contributed by atoms with E-state index in [2.05, 4.69) is 6.08 Å². The molecule has 1 saturated carbocycles. The zero-order chi connectivity index (χ0) is 13.4. The second kappa shape index (κ2) is 8.03. The minimum Gasteiger partial charge on any atom is -0.463 e. The highest BCUT2D eigenvalue weighted by atomic mass is 16.6. The Morgan fingerprint density at radius 3 is 2.72 bits per heavy atom. The lowest BCUT2D eigenvalue weighted by Gasteiger charge is -2.16. The van der Waals surface area contributed by atoms with Crippen LogP contribution in [0.4, 0.5) is 0 Å². The standard InChI is InChI=1S/C14H22O4/c1-3-4-5-11-8-13(15)9-12(11)10-14(16)18-7-6-17-2/h3-4,11-12H,5-10H2,1-2H3. The van der Waals surface area contributed by atoms with Crippen molar-refractivity contribution in [2.24, 2.45) is 11.8 Å². The van der Waals surface area contributed by atoms with Gasteiger partial charge in [-0.25, -0.2) is 0 Å². The molecule has 0 amide bonds. The first-order chi connectivity index (χ1) is 8.67. The van der Waals surface area contributed by atoms with Crippen molar-refractivity contribution in [3.05, 3.63) is 12.2 Å². The molecule has 1 fully saturated rings. The number of ketones is 1. The number of ether oxygens (including phenoxy) is 2. The van der Waals surface area contributed by atoms with Crippen molar-refractivity contribution in [2.75, 3.05) is 20.3 Å². The van der Waals surface area contributed by atoms with Gasteiger partial charge in [0.1, 0.15) is 12.4 Å². The lowest BCUT2D eigenvalue weighted by molar-refractivity contribution is -0.146. The highest BCUT2D eigenvalue weighted by molar-refractivity contribution is 5.82. The van der Waals surface area contributed by atoms with Gasteiger partial charge in [-0.3, -0.25) is 9.59 Å². The summed E-state index contributed by atoms with van der Waals surface area (Å²) in [5.74, 6) is 0.476. The van der Waals surface area contributed by atoms with Crippen LogP contribution in [-0.4, -0.2) is 32.1 Å². The molecule has 4 heteroatoms. The van der Waals surface area contributed by atoms with E-state index in [9.17, 15) is 9.59 Å². The topological polar surface area (TPSA) is 52.6 Å². The minimum absolute atomic E-state index is 0.142. The number of hydrogen-bond acceptors (Lipinski definition) is 4. The Hall–Kier alpha value is -1.16. The van der Waals surface area contributed by atoms with E-state index in [0.29, 0.717) is 31.8 Å². The first-order valence-corrected chi connectivity index (χ1v) is 6.44. The quantitative estimate of drug-likeness (QED) is 0.397. The molecule has 1 aliphatic rings. The van der Waals surface area contributed by atoms with Gasteiger partial charge in [-0.15, -0.1) is 0 Å². The third-order valence-corrected chi connectivity index (χ3v) is 3.30. The molecule has 102 valence electrons. The second-order valence-corrected chi connectivity index (χ2v) is 4.69. The third-order valence-electron chi connectivity index (χ3n) is 3.30. The van der Waals surface area contributed by atoms with Gasteiger partial charge in [0.25, 0.3) is 0 Å². The molecule has 2 unspecified atom stereocenters. The number of allylic oxidation sites excluding steroid dienone is 2. The fourth-order valence-corrected chi connectivity index (χ4v) is 2.34. The fraction of sp³-hybridized carbons (Fsp3) is 0.714. The molecule has 0 aromatic rings. The Kier molecular flexibility index (Phi) is 6.65. The maximum atomic E-state index is 11.6. The molecule has 4 nitrogen and oxygen atoms in total. The normalized spacial score (nSPS) is 23.8. The number of rotatable bonds is 7. The predicted octanol–water partition coefficient (Wildman–Crippen LogP) is 2.13. The van der Waals surface area contributed by atoms with Crippen molar-refractivity contribution in [3.8, 4) is 0 Å². The lowest BCUT2D eigenvalue weighted by atomic mass is 9.90. The summed E-state index contributed by atoms with van der Waals surface area (Å²) in [5.41, 5.74) is 0. The summed E-state index contributed by atoms with van der Waals surface area (Å²) >= 11 is 0. The molecule has 18 heavy (non-hydrogen) atoms. The van der Waals surface area contributed by atoms with E-state index >= 15 is 0 Å². The molecule has 0 aromatic heterocycles. The van der Waals surface area contributed by atoms with E-state index in [4.69, 9.17) is 9.47 Å². The monoisotopic (exact) mass is 254 g/mol. The van der Waals surface area contributed by atoms with Crippen LogP contribution in [0, 0.1) is 11.8 Å². The minimum atomic E-state index is -0.225. The Labute approximate surface area is 108 Å². The Morgan fingerprint density at radius 2 is 2.06 bits per heavy atom. The van der Waals surface area contributed by atoms with Crippen LogP contribution in [0.3, 0.4) is 0 Å². The molecule has 0 radical (unpaired) electrons. The molecule has 1 aliphatic carbocycles. The summed E-state index contributed by atoms with van der Waals surface area (Å²) in [7, 11) is 1.57. The number of esters is 1. The zero-order valence-corrected chi connectivity index (χ0v) is 11.2. The zero-order valence-electron chi connectivity index (χ0n) is 11.2. The van der Waals surface area contributed by atoms with Crippen LogP contribution in [0.15, 0.2) is 12.2 Å². The number of Topliss-reactive ketones (excluding diaryl/α,β-unsaturated/α-hetero) is 1. The third kappa shape index (κ3) is 5.00. The molecule has 0 aromatic carbocycles. The van der Waals surface area contributed by atoms with Gasteiger partial charge in [0.15, 0.2) is 0 Å². The van der Waals surface area contributed by atoms with E-state index in [1.165, 1.54) is 0 Å². The van der Waals surface area contributed by atoms with Crippen LogP contribution in [-0.2, 0) is 19.1 Å². The van der Waals surface area contributed by atoms with Gasteiger partial charge in [-0.05, 0) is 25.2 Å². The van der Waals surface area contributed by atoms with E-state index < -0.39 is 0 Å². The molecule has 0 saturated heterocycles. The number of hydrogen-bond donors (Lipinski definition) is 0. The summed E-state index contributed by atoms with van der Waals surface area (Å²) in [6.45, 7) is 2.66. The maximum absolute atomic E-state index is 11.6. The van der Waals surface area contributed by atoms with Gasteiger partial charge < -0.3 is 9.47 Å². The molecule has 1 rings (SSSR count). The molecule has 0 aliphatic heterocycles. The smallest absolute Gasteiger partial charge is 0.306 e. The molecule has 0 heterocycles. The molecule has 2 atom stereocenters. The van der Waals surface area contributed by atoms with E-state index in [-0.39, 0.29) is 24.3 Å². The maximum Gasteiger partial charge on any atom is 0.306 e. The summed E-state index contributed by atoms with van der Waals surface area (Å²) < 4.78 is 9.85. The first-order valence-electron chi connectivity index (χ1n) is 6.44. The average molecular weight is 254 g/mol. The summed E-state index contributed by atoms with van der Waals surface area (Å²) in [4.78, 5) is 23.1. The first kappa shape index (κ1) is 14.9. The van der Waals surface area contributed by atoms with Crippen LogP contribution in [0.5, 0.6) is 0 Å². The van der Waals surface area contributed by atoms with Crippen LogP contribution >= 0.6 is 0 Å². The van der Waals surface area contributed by atoms with Gasteiger partial charge in [0, 0.05) is 26.4 Å². The van der Waals surface area contributed by atoms with Gasteiger partial charge in [-0.1, -0.05) is 12.2 Å². The highest BCUT2D eigenvalue weighted by Crippen LogP contribution is 2.34. The van der Waals surface area contributed by atoms with Crippen molar-refractivity contribution in [2.45, 2.75) is 32.6 Å². The van der Waals surface area contributed by atoms with Crippen molar-refractivity contribution in [3.63, 3.8) is 0 Å². The lowest BCUT2D eigenvalue weighted by Crippen LogP contribution is -2.16. The van der Waals surface area contributed by atoms with Crippen LogP contribution in [0.1, 0.15) is 32.6 Å². The summed E-state index contributed by atoms with van der Waals surface area (Å²) in [5, 5.41) is 0. The fourth-order valence-electron chi connectivity index (χ4n) is 2.34. The van der Waals surface area contributed by atoms with Crippen molar-refractivity contribution in [1.29, 1.82) is 0 Å². The van der Waals surface area contributed by atoms with Gasteiger partial charge in [0.2, 0.25) is 0 Å². The van der Waals surface area contributed by atoms with E-state index in [1.807, 2.05) is 13.0 Å². The SMILES string of the molecule is CC=CCC1CC(=O)CC1CC(=O)OCCOC. The highest BCUT2D eigenvalue weighted by Gasteiger charge is 2.33. The van der Waals surface area contributed by atoms with Crippen LogP contribution in [0.2, 0.25) is 0 Å². The van der Waals surface area contributed by atoms with Crippen molar-refractivity contribution >= 4 is 11.8 Å². The summed E-state index contributed by atoms with van der Waals surface area (Å²) in [6, 6.07) is 0. The predicted molar refractivity (Wildman–Crippen MR) is 68.1 cm³/mol. The van der Waals surface area contributed by atoms with Gasteiger partial charge in [-0.2, -0.15) is 0 Å². The van der Waals surface area contributed by atoms with Crippen LogP contribution < -0.4 is 0 Å². The molecular formula is C14H22O4. The second-order valence-electron chi connectivity index (χ2n) is 4.69. The number of carbonyl (C=O) groups is 2. The molecular weight excluding hydrogens is 232 g/mol. The summed E-state index contributed by atoms with van der Waals surface area (Å²) in [6.07, 6.45) is 6.38. The Balaban J connectivity index is 2.38. The van der Waals surface area contributed by atoms with Gasteiger partial charge >= 0.3 is 5.97 Å². The largest absolute Gasteiger partial charge is 0.463 e. The van der Waals surface area contributed by atoms with Crippen molar-refractivity contribution in [1.82, 2.24) is 0 Å². The number of methoxy groups -OCH3 is 1.